The number of benzene rings is 3. The van der Waals surface area contributed by atoms with Crippen LogP contribution in [0.15, 0.2) is 66.7 Å². The fraction of sp³-hybridized carbons (Fsp3) is 0.182. The highest BCUT2D eigenvalue weighted by Crippen LogP contribution is 2.22. The van der Waals surface area contributed by atoms with Gasteiger partial charge in [-0.3, -0.25) is 9.59 Å². The number of hydrogen-bond donors (Lipinski definition) is 2. The van der Waals surface area contributed by atoms with Gasteiger partial charge < -0.3 is 10.6 Å². The van der Waals surface area contributed by atoms with E-state index in [1.807, 2.05) is 48.5 Å². The first-order chi connectivity index (χ1) is 12.7. The molecule has 1 aliphatic carbocycles. The summed E-state index contributed by atoms with van der Waals surface area (Å²) in [5.74, 6) is -0.263. The number of anilines is 1. The van der Waals surface area contributed by atoms with E-state index in [-0.39, 0.29) is 24.3 Å². The molecule has 2 amide bonds. The largest absolute Gasteiger partial charge is 0.349 e. The summed E-state index contributed by atoms with van der Waals surface area (Å²) in [5, 5.41) is 8.11. The second-order valence-corrected chi connectivity index (χ2v) is 6.70. The fourth-order valence-electron chi connectivity index (χ4n) is 3.01. The van der Waals surface area contributed by atoms with Crippen LogP contribution in [0, 0.1) is 0 Å². The van der Waals surface area contributed by atoms with Crippen molar-refractivity contribution in [2.24, 2.45) is 0 Å². The molecule has 0 aromatic heterocycles. The third-order valence-corrected chi connectivity index (χ3v) is 4.54. The van der Waals surface area contributed by atoms with E-state index in [9.17, 15) is 9.59 Å². The first-order valence-electron chi connectivity index (χ1n) is 8.86. The van der Waals surface area contributed by atoms with E-state index in [1.165, 1.54) is 0 Å². The summed E-state index contributed by atoms with van der Waals surface area (Å²) in [6.07, 6.45) is 2.33. The van der Waals surface area contributed by atoms with E-state index in [0.717, 1.165) is 29.2 Å². The van der Waals surface area contributed by atoms with E-state index in [4.69, 9.17) is 0 Å². The molecular weight excluding hydrogens is 324 g/mol. The van der Waals surface area contributed by atoms with Crippen molar-refractivity contribution in [3.63, 3.8) is 0 Å². The number of carbonyl (C=O) groups is 2. The molecule has 4 heteroatoms. The minimum absolute atomic E-state index is 0.130. The molecule has 1 aliphatic rings. The van der Waals surface area contributed by atoms with Gasteiger partial charge in [-0.15, -0.1) is 0 Å². The molecule has 0 unspecified atom stereocenters. The van der Waals surface area contributed by atoms with Gasteiger partial charge in [-0.05, 0) is 41.3 Å². The molecule has 0 radical (unpaired) electrons. The Morgan fingerprint density at radius 2 is 1.62 bits per heavy atom. The van der Waals surface area contributed by atoms with Crippen LogP contribution in [0.25, 0.3) is 10.8 Å². The molecule has 4 rings (SSSR count). The van der Waals surface area contributed by atoms with Gasteiger partial charge in [0, 0.05) is 6.04 Å². The van der Waals surface area contributed by atoms with Crippen LogP contribution in [0.5, 0.6) is 0 Å². The zero-order valence-electron chi connectivity index (χ0n) is 14.4. The van der Waals surface area contributed by atoms with Crippen molar-refractivity contribution >= 4 is 28.3 Å². The van der Waals surface area contributed by atoms with Gasteiger partial charge in [0.25, 0.3) is 5.91 Å². The van der Waals surface area contributed by atoms with E-state index in [0.29, 0.717) is 11.3 Å². The number of para-hydroxylation sites is 1. The molecule has 130 valence electrons. The van der Waals surface area contributed by atoms with Gasteiger partial charge in [-0.2, -0.15) is 0 Å². The minimum atomic E-state index is -0.132. The van der Waals surface area contributed by atoms with E-state index in [1.54, 1.807) is 18.2 Å². The summed E-state index contributed by atoms with van der Waals surface area (Å²) in [5.41, 5.74) is 2.00. The topological polar surface area (TPSA) is 58.2 Å². The molecule has 1 saturated carbocycles. The van der Waals surface area contributed by atoms with Crippen LogP contribution >= 0.6 is 0 Å². The standard InChI is InChI=1S/C22H20N2O2/c25-21(14-15-9-10-16-5-1-2-6-17(16)13-15)24-20-8-4-3-7-19(20)22(26)23-18-11-12-18/h1-10,13,18H,11-12,14H2,(H,23,26)(H,24,25). The van der Waals surface area contributed by atoms with Crippen molar-refractivity contribution in [1.29, 1.82) is 0 Å². The van der Waals surface area contributed by atoms with Crippen LogP contribution in [-0.2, 0) is 11.2 Å². The van der Waals surface area contributed by atoms with Gasteiger partial charge in [-0.25, -0.2) is 0 Å². The Labute approximate surface area is 152 Å². The van der Waals surface area contributed by atoms with Crippen molar-refractivity contribution in [2.45, 2.75) is 25.3 Å². The Bertz CT molecular complexity index is 977. The van der Waals surface area contributed by atoms with Gasteiger partial charge in [0.2, 0.25) is 5.91 Å². The van der Waals surface area contributed by atoms with E-state index < -0.39 is 0 Å². The fourth-order valence-corrected chi connectivity index (χ4v) is 3.01. The quantitative estimate of drug-likeness (QED) is 0.737. The molecule has 2 N–H and O–H groups in total. The number of nitrogens with one attached hydrogen (secondary N) is 2. The Morgan fingerprint density at radius 1 is 0.885 bits per heavy atom. The molecule has 0 saturated heterocycles. The number of fused-ring (bicyclic) bond motifs is 1. The number of hydrogen-bond acceptors (Lipinski definition) is 2. The maximum Gasteiger partial charge on any atom is 0.253 e. The zero-order chi connectivity index (χ0) is 17.9. The normalized spacial score (nSPS) is 13.4. The lowest BCUT2D eigenvalue weighted by atomic mass is 10.0. The van der Waals surface area contributed by atoms with Crippen molar-refractivity contribution < 1.29 is 9.59 Å². The van der Waals surface area contributed by atoms with Crippen LogP contribution in [0.3, 0.4) is 0 Å². The van der Waals surface area contributed by atoms with Crippen LogP contribution in [0.2, 0.25) is 0 Å². The van der Waals surface area contributed by atoms with Gasteiger partial charge in [0.15, 0.2) is 0 Å². The maximum absolute atomic E-state index is 12.5. The molecule has 3 aromatic carbocycles. The van der Waals surface area contributed by atoms with Gasteiger partial charge in [0.05, 0.1) is 17.7 Å². The van der Waals surface area contributed by atoms with Crippen LogP contribution in [0.1, 0.15) is 28.8 Å². The molecule has 0 bridgehead atoms. The lowest BCUT2D eigenvalue weighted by molar-refractivity contribution is -0.115. The Morgan fingerprint density at radius 3 is 2.42 bits per heavy atom. The lowest BCUT2D eigenvalue weighted by Gasteiger charge is -2.11. The summed E-state index contributed by atoms with van der Waals surface area (Å²) in [4.78, 5) is 24.8. The Hall–Kier alpha value is -3.14. The average molecular weight is 344 g/mol. The lowest BCUT2D eigenvalue weighted by Crippen LogP contribution is -2.27. The molecule has 0 heterocycles. The summed E-state index contributed by atoms with van der Waals surface area (Å²) >= 11 is 0. The summed E-state index contributed by atoms with van der Waals surface area (Å²) in [7, 11) is 0. The van der Waals surface area contributed by atoms with Crippen molar-refractivity contribution in [3.05, 3.63) is 77.9 Å². The van der Waals surface area contributed by atoms with E-state index >= 15 is 0 Å². The summed E-state index contributed by atoms with van der Waals surface area (Å²) in [6.45, 7) is 0. The third kappa shape index (κ3) is 3.75. The maximum atomic E-state index is 12.5. The van der Waals surface area contributed by atoms with Crippen molar-refractivity contribution in [3.8, 4) is 0 Å². The monoisotopic (exact) mass is 344 g/mol. The smallest absolute Gasteiger partial charge is 0.253 e. The van der Waals surface area contributed by atoms with Crippen LogP contribution < -0.4 is 10.6 Å². The summed E-state index contributed by atoms with van der Waals surface area (Å²) < 4.78 is 0. The minimum Gasteiger partial charge on any atom is -0.349 e. The summed E-state index contributed by atoms with van der Waals surface area (Å²) in [6, 6.07) is 21.5. The molecule has 4 nitrogen and oxygen atoms in total. The van der Waals surface area contributed by atoms with Crippen molar-refractivity contribution in [2.75, 3.05) is 5.32 Å². The molecular formula is C22H20N2O2. The Kier molecular flexibility index (Phi) is 4.40. The second kappa shape index (κ2) is 7.00. The van der Waals surface area contributed by atoms with Gasteiger partial charge >= 0.3 is 0 Å². The Balaban J connectivity index is 1.48. The molecule has 0 spiro atoms. The highest BCUT2D eigenvalue weighted by Gasteiger charge is 2.25. The van der Waals surface area contributed by atoms with Gasteiger partial charge in [-0.1, -0.05) is 54.6 Å². The average Bonchev–Trinajstić information content (AvgIpc) is 3.46. The molecule has 0 atom stereocenters. The zero-order valence-corrected chi connectivity index (χ0v) is 14.4. The second-order valence-electron chi connectivity index (χ2n) is 6.70. The predicted octanol–water partition coefficient (Wildman–Crippen LogP) is 3.91. The predicted molar refractivity (Wildman–Crippen MR) is 103 cm³/mol. The van der Waals surface area contributed by atoms with Crippen LogP contribution in [0.4, 0.5) is 5.69 Å². The first-order valence-corrected chi connectivity index (χ1v) is 8.86. The molecule has 26 heavy (non-hydrogen) atoms. The number of amides is 2. The third-order valence-electron chi connectivity index (χ3n) is 4.54. The molecule has 0 aliphatic heterocycles. The highest BCUT2D eigenvalue weighted by molar-refractivity contribution is 6.04. The number of carbonyl (C=O) groups excluding carboxylic acids is 2. The first kappa shape index (κ1) is 16.3. The molecule has 1 fully saturated rings. The number of rotatable bonds is 5. The van der Waals surface area contributed by atoms with E-state index in [2.05, 4.69) is 10.6 Å². The molecule has 3 aromatic rings. The highest BCUT2D eigenvalue weighted by atomic mass is 16.2. The van der Waals surface area contributed by atoms with Gasteiger partial charge in [0.1, 0.15) is 0 Å². The van der Waals surface area contributed by atoms with Crippen molar-refractivity contribution in [1.82, 2.24) is 5.32 Å². The van der Waals surface area contributed by atoms with Crippen LogP contribution in [-0.4, -0.2) is 17.9 Å². The SMILES string of the molecule is O=C(Cc1ccc2ccccc2c1)Nc1ccccc1C(=O)NC1CC1.